The van der Waals surface area contributed by atoms with E-state index in [1.165, 1.54) is 32.1 Å². The number of amides is 1. The second kappa shape index (κ2) is 7.90. The summed E-state index contributed by atoms with van der Waals surface area (Å²) < 4.78 is 5.53. The summed E-state index contributed by atoms with van der Waals surface area (Å²) >= 11 is 1.95. The van der Waals surface area contributed by atoms with E-state index in [1.807, 2.05) is 30.8 Å². The molecule has 4 nitrogen and oxygen atoms in total. The minimum absolute atomic E-state index is 0.0264. The summed E-state index contributed by atoms with van der Waals surface area (Å²) in [5, 5.41) is 6.31. The van der Waals surface area contributed by atoms with Crippen LogP contribution < -0.4 is 10.6 Å². The molecule has 118 valence electrons. The molecule has 0 aromatic carbocycles. The van der Waals surface area contributed by atoms with Crippen LogP contribution in [0.15, 0.2) is 22.8 Å². The van der Waals surface area contributed by atoms with Gasteiger partial charge in [0.1, 0.15) is 5.76 Å². The Labute approximate surface area is 131 Å². The van der Waals surface area contributed by atoms with Crippen molar-refractivity contribution in [3.05, 3.63) is 24.2 Å². The normalized spacial score (nSPS) is 19.1. The lowest BCUT2D eigenvalue weighted by atomic mass is 9.88. The molecule has 0 saturated heterocycles. The highest BCUT2D eigenvalue weighted by molar-refractivity contribution is 8.00. The molecule has 21 heavy (non-hydrogen) atoms. The van der Waals surface area contributed by atoms with Crippen LogP contribution in [0.2, 0.25) is 0 Å². The predicted octanol–water partition coefficient (Wildman–Crippen LogP) is 2.94. The van der Waals surface area contributed by atoms with Crippen LogP contribution in [0.4, 0.5) is 0 Å². The highest BCUT2D eigenvalue weighted by atomic mass is 32.2. The van der Waals surface area contributed by atoms with Crippen molar-refractivity contribution in [3.63, 3.8) is 0 Å². The number of rotatable bonds is 7. The van der Waals surface area contributed by atoms with E-state index >= 15 is 0 Å². The van der Waals surface area contributed by atoms with Crippen molar-refractivity contribution in [1.29, 1.82) is 0 Å². The smallest absolute Gasteiger partial charge is 0.237 e. The molecule has 1 aromatic rings. The van der Waals surface area contributed by atoms with E-state index in [0.29, 0.717) is 11.3 Å². The quantitative estimate of drug-likeness (QED) is 0.813. The van der Waals surface area contributed by atoms with E-state index in [-0.39, 0.29) is 11.9 Å². The summed E-state index contributed by atoms with van der Waals surface area (Å²) in [6.07, 6.45) is 10.3. The molecule has 1 fully saturated rings. The summed E-state index contributed by atoms with van der Waals surface area (Å²) in [5.41, 5.74) is 0. The first-order valence-corrected chi connectivity index (χ1v) is 8.96. The van der Waals surface area contributed by atoms with E-state index < -0.39 is 0 Å². The van der Waals surface area contributed by atoms with Crippen LogP contribution in [0.1, 0.15) is 44.8 Å². The molecule has 1 atom stereocenters. The van der Waals surface area contributed by atoms with Gasteiger partial charge in [-0.1, -0.05) is 19.3 Å². The minimum atomic E-state index is -0.175. The number of hydrogen-bond acceptors (Lipinski definition) is 4. The third-order valence-corrected chi connectivity index (χ3v) is 5.76. The average Bonchev–Trinajstić information content (AvgIpc) is 3.04. The summed E-state index contributed by atoms with van der Waals surface area (Å²) in [6.45, 7) is 3.28. The number of furan rings is 1. The summed E-state index contributed by atoms with van der Waals surface area (Å²) in [7, 11) is 0. The van der Waals surface area contributed by atoms with Gasteiger partial charge in [-0.25, -0.2) is 0 Å². The van der Waals surface area contributed by atoms with E-state index in [1.54, 1.807) is 6.26 Å². The van der Waals surface area contributed by atoms with E-state index in [2.05, 4.69) is 16.9 Å². The van der Waals surface area contributed by atoms with Crippen LogP contribution in [0.25, 0.3) is 0 Å². The molecule has 0 aliphatic heterocycles. The molecule has 0 radical (unpaired) electrons. The lowest BCUT2D eigenvalue weighted by Gasteiger charge is -2.36. The molecule has 1 unspecified atom stereocenters. The van der Waals surface area contributed by atoms with Gasteiger partial charge in [-0.3, -0.25) is 4.79 Å². The average molecular weight is 310 g/mol. The number of thioether (sulfide) groups is 1. The Kier molecular flexibility index (Phi) is 6.18. The van der Waals surface area contributed by atoms with Gasteiger partial charge >= 0.3 is 0 Å². The van der Waals surface area contributed by atoms with Gasteiger partial charge in [0.25, 0.3) is 0 Å². The first kappa shape index (κ1) is 16.4. The van der Waals surface area contributed by atoms with Crippen molar-refractivity contribution in [2.45, 2.75) is 56.4 Å². The van der Waals surface area contributed by atoms with Crippen LogP contribution in [-0.4, -0.2) is 29.5 Å². The van der Waals surface area contributed by atoms with Crippen molar-refractivity contribution in [2.75, 3.05) is 12.8 Å². The highest BCUT2D eigenvalue weighted by Crippen LogP contribution is 2.37. The van der Waals surface area contributed by atoms with E-state index in [4.69, 9.17) is 4.42 Å². The van der Waals surface area contributed by atoms with Crippen LogP contribution in [0, 0.1) is 0 Å². The molecule has 1 heterocycles. The van der Waals surface area contributed by atoms with Gasteiger partial charge in [0.2, 0.25) is 5.91 Å². The van der Waals surface area contributed by atoms with Crippen molar-refractivity contribution in [2.24, 2.45) is 0 Å². The Balaban J connectivity index is 1.74. The number of hydrogen-bond donors (Lipinski definition) is 2. The van der Waals surface area contributed by atoms with E-state index in [0.717, 1.165) is 12.3 Å². The summed E-state index contributed by atoms with van der Waals surface area (Å²) in [4.78, 5) is 12.1. The highest BCUT2D eigenvalue weighted by Gasteiger charge is 2.31. The third-order valence-electron chi connectivity index (χ3n) is 4.34. The number of nitrogens with one attached hydrogen (secondary N) is 2. The molecule has 1 aliphatic rings. The Hall–Kier alpha value is -0.940. The Morgan fingerprint density at radius 2 is 2.19 bits per heavy atom. The first-order chi connectivity index (χ1) is 10.2. The maximum absolute atomic E-state index is 12.1. The van der Waals surface area contributed by atoms with Gasteiger partial charge in [0, 0.05) is 11.3 Å². The van der Waals surface area contributed by atoms with Gasteiger partial charge in [-0.15, -0.1) is 0 Å². The van der Waals surface area contributed by atoms with Crippen molar-refractivity contribution in [3.8, 4) is 0 Å². The van der Waals surface area contributed by atoms with Gasteiger partial charge in [-0.05, 0) is 38.2 Å². The largest absolute Gasteiger partial charge is 0.467 e. The maximum Gasteiger partial charge on any atom is 0.237 e. The molecule has 1 amide bonds. The molecular formula is C16H26N2O2S. The van der Waals surface area contributed by atoms with Crippen molar-refractivity contribution in [1.82, 2.24) is 10.6 Å². The SMILES string of the molecule is CSC1(CNC(C)C(=O)NCc2ccco2)CCCCC1. The van der Waals surface area contributed by atoms with Crippen LogP contribution >= 0.6 is 11.8 Å². The molecule has 2 N–H and O–H groups in total. The lowest BCUT2D eigenvalue weighted by Crippen LogP contribution is -2.48. The molecule has 1 saturated carbocycles. The Morgan fingerprint density at radius 1 is 1.43 bits per heavy atom. The van der Waals surface area contributed by atoms with Crippen molar-refractivity contribution < 1.29 is 9.21 Å². The lowest BCUT2D eigenvalue weighted by molar-refractivity contribution is -0.123. The molecule has 0 bridgehead atoms. The summed E-state index contributed by atoms with van der Waals surface area (Å²) in [5.74, 6) is 0.807. The van der Waals surface area contributed by atoms with E-state index in [9.17, 15) is 4.79 Å². The standard InChI is InChI=1S/C16H26N2O2S/c1-13(15(19)17-11-14-7-6-10-20-14)18-12-16(21-2)8-4-3-5-9-16/h6-7,10,13,18H,3-5,8-9,11-12H2,1-2H3,(H,17,19). The molecule has 1 aromatic heterocycles. The maximum atomic E-state index is 12.1. The van der Waals surface area contributed by atoms with Crippen LogP contribution in [-0.2, 0) is 11.3 Å². The third kappa shape index (κ3) is 4.78. The first-order valence-electron chi connectivity index (χ1n) is 7.74. The molecule has 5 heteroatoms. The summed E-state index contributed by atoms with van der Waals surface area (Å²) in [6, 6.07) is 3.52. The van der Waals surface area contributed by atoms with Crippen LogP contribution in [0.3, 0.4) is 0 Å². The van der Waals surface area contributed by atoms with Gasteiger partial charge in [0.15, 0.2) is 0 Å². The second-order valence-electron chi connectivity index (χ2n) is 5.85. The fraction of sp³-hybridized carbons (Fsp3) is 0.688. The topological polar surface area (TPSA) is 54.3 Å². The molecule has 2 rings (SSSR count). The molecule has 0 spiro atoms. The minimum Gasteiger partial charge on any atom is -0.467 e. The second-order valence-corrected chi connectivity index (χ2v) is 7.12. The fourth-order valence-electron chi connectivity index (χ4n) is 2.82. The Bertz CT molecular complexity index is 427. The molecular weight excluding hydrogens is 284 g/mol. The fourth-order valence-corrected chi connectivity index (χ4v) is 3.75. The van der Waals surface area contributed by atoms with Gasteiger partial charge in [-0.2, -0.15) is 11.8 Å². The van der Waals surface area contributed by atoms with Gasteiger partial charge < -0.3 is 15.1 Å². The molecule has 1 aliphatic carbocycles. The zero-order valence-corrected chi connectivity index (χ0v) is 13.8. The van der Waals surface area contributed by atoms with Crippen molar-refractivity contribution >= 4 is 17.7 Å². The van der Waals surface area contributed by atoms with Crippen LogP contribution in [0.5, 0.6) is 0 Å². The number of carbonyl (C=O) groups excluding carboxylic acids is 1. The zero-order valence-electron chi connectivity index (χ0n) is 13.0. The predicted molar refractivity (Wildman–Crippen MR) is 87.4 cm³/mol. The monoisotopic (exact) mass is 310 g/mol. The Morgan fingerprint density at radius 3 is 2.81 bits per heavy atom. The van der Waals surface area contributed by atoms with Gasteiger partial charge in [0.05, 0.1) is 18.8 Å². The number of carbonyl (C=O) groups is 1. The zero-order chi connectivity index (χ0) is 15.1.